The van der Waals surface area contributed by atoms with Gasteiger partial charge in [0.05, 0.1) is 0 Å². The fourth-order valence-corrected chi connectivity index (χ4v) is 5.48. The molecule has 1 nitrogen and oxygen atoms in total. The van der Waals surface area contributed by atoms with Gasteiger partial charge in [0.25, 0.3) is 0 Å². The van der Waals surface area contributed by atoms with Gasteiger partial charge in [-0.15, -0.1) is 30.0 Å². The quantitative estimate of drug-likeness (QED) is 0.269. The monoisotopic (exact) mass is 484 g/mol. The predicted molar refractivity (Wildman–Crippen MR) is 140 cm³/mol. The van der Waals surface area contributed by atoms with Crippen LogP contribution in [0, 0.1) is 30.5 Å². The smallest absolute Gasteiger partial charge is 0.381 e. The van der Waals surface area contributed by atoms with Crippen LogP contribution in [0.3, 0.4) is 0 Å². The van der Waals surface area contributed by atoms with E-state index < -0.39 is 24.2 Å². The summed E-state index contributed by atoms with van der Waals surface area (Å²) in [4.78, 5) is 0. The molecule has 0 aromatic heterocycles. The minimum atomic E-state index is -1.13. The Morgan fingerprint density at radius 1 is 0.759 bits per heavy atom. The molecule has 2 rings (SSSR count). The summed E-state index contributed by atoms with van der Waals surface area (Å²) in [7, 11) is -2.86. The number of rotatable bonds is 1. The Kier molecular flexibility index (Phi) is 18.0. The van der Waals surface area contributed by atoms with Crippen LogP contribution in [0.15, 0.2) is 11.1 Å². The summed E-state index contributed by atoms with van der Waals surface area (Å²) in [5.74, 6) is 3.06. The number of hydrogen-bond donors (Lipinski definition) is 0. The number of ether oxygens (including phenoxy) is 1. The molecular formula is C24H51OScSi3. The van der Waals surface area contributed by atoms with E-state index in [1.807, 2.05) is 0 Å². The van der Waals surface area contributed by atoms with Gasteiger partial charge in [-0.25, -0.2) is 17.1 Å². The van der Waals surface area contributed by atoms with Gasteiger partial charge in [0.1, 0.15) is 0 Å². The molecular weight excluding hydrogens is 433 g/mol. The zero-order valence-corrected chi connectivity index (χ0v) is 27.0. The van der Waals surface area contributed by atoms with E-state index in [4.69, 9.17) is 4.74 Å². The third-order valence-electron chi connectivity index (χ3n) is 4.01. The minimum Gasteiger partial charge on any atom is -0.381 e. The Labute approximate surface area is 208 Å². The third kappa shape index (κ3) is 20.7. The van der Waals surface area contributed by atoms with Gasteiger partial charge in [-0.05, 0) is 12.8 Å². The minimum absolute atomic E-state index is 0. The summed E-state index contributed by atoms with van der Waals surface area (Å²) in [6, 6.07) is 0. The summed E-state index contributed by atoms with van der Waals surface area (Å²) in [6.07, 6.45) is 2.56. The average molecular weight is 485 g/mol. The van der Waals surface area contributed by atoms with Gasteiger partial charge >= 0.3 is 25.8 Å². The van der Waals surface area contributed by atoms with E-state index in [9.17, 15) is 0 Å². The van der Waals surface area contributed by atoms with E-state index in [0.29, 0.717) is 0 Å². The molecule has 0 unspecified atom stereocenters. The van der Waals surface area contributed by atoms with E-state index in [1.165, 1.54) is 24.3 Å². The molecule has 1 fully saturated rings. The third-order valence-corrected chi connectivity index (χ3v) is 6.26. The molecule has 0 aromatic rings. The van der Waals surface area contributed by atoms with Crippen molar-refractivity contribution in [1.29, 1.82) is 0 Å². The molecule has 0 aromatic carbocycles. The van der Waals surface area contributed by atoms with Gasteiger partial charge in [0.15, 0.2) is 0 Å². The van der Waals surface area contributed by atoms with Crippen LogP contribution in [-0.2, 0) is 30.6 Å². The van der Waals surface area contributed by atoms with E-state index in [0.717, 1.165) is 13.2 Å². The van der Waals surface area contributed by atoms with Crippen molar-refractivity contribution in [3.8, 4) is 0 Å². The first-order valence-corrected chi connectivity index (χ1v) is 21.7. The van der Waals surface area contributed by atoms with Crippen LogP contribution < -0.4 is 0 Å². The normalized spacial score (nSPS) is 18.1. The molecule has 1 heterocycles. The number of allylic oxidation sites excluding steroid dienone is 2. The zero-order valence-electron chi connectivity index (χ0n) is 22.2. The second-order valence-corrected chi connectivity index (χ2v) is 26.8. The Bertz CT molecular complexity index is 421. The van der Waals surface area contributed by atoms with Gasteiger partial charge in [0.2, 0.25) is 0 Å². The zero-order chi connectivity index (χ0) is 22.9. The average Bonchev–Trinajstić information content (AvgIpc) is 3.04. The molecule has 0 N–H and O–H groups in total. The van der Waals surface area contributed by atoms with Gasteiger partial charge in [-0.3, -0.25) is 0 Å². The van der Waals surface area contributed by atoms with Crippen molar-refractivity contribution >= 4 is 24.2 Å². The van der Waals surface area contributed by atoms with Crippen molar-refractivity contribution in [1.82, 2.24) is 0 Å². The molecule has 0 saturated carbocycles. The maximum atomic E-state index is 4.94. The largest absolute Gasteiger partial charge is 3.00 e. The number of hydrogen-bond acceptors (Lipinski definition) is 1. The maximum absolute atomic E-state index is 4.94. The molecule has 1 aliphatic heterocycles. The first-order chi connectivity index (χ1) is 12.3. The summed E-state index contributed by atoms with van der Waals surface area (Å²) >= 11 is 0. The van der Waals surface area contributed by atoms with Gasteiger partial charge in [0, 0.05) is 21.3 Å². The van der Waals surface area contributed by atoms with Crippen LogP contribution in [0.5, 0.6) is 0 Å². The molecule has 2 radical (unpaired) electrons. The van der Waals surface area contributed by atoms with Gasteiger partial charge in [-0.1, -0.05) is 84.2 Å². The summed E-state index contributed by atoms with van der Waals surface area (Å²) < 4.78 is 4.94. The van der Waals surface area contributed by atoms with E-state index in [-0.39, 0.29) is 25.8 Å². The van der Waals surface area contributed by atoms with Crippen LogP contribution in [0.4, 0.5) is 0 Å². The van der Waals surface area contributed by atoms with Gasteiger partial charge in [-0.2, -0.15) is 0 Å². The second-order valence-electron chi connectivity index (χ2n) is 11.6. The van der Waals surface area contributed by atoms with Crippen LogP contribution >= 0.6 is 0 Å². The molecule has 1 saturated heterocycles. The molecule has 1 aliphatic carbocycles. The van der Waals surface area contributed by atoms with Crippen LogP contribution in [0.25, 0.3) is 0 Å². The second kappa shape index (κ2) is 15.0. The van der Waals surface area contributed by atoms with E-state index in [2.05, 4.69) is 99.7 Å². The summed E-state index contributed by atoms with van der Waals surface area (Å²) in [5, 5.41) is 0. The topological polar surface area (TPSA) is 9.23 Å². The predicted octanol–water partition coefficient (Wildman–Crippen LogP) is 8.17. The standard InChI is InChI=1S/C12H21Si.C4H8O.2C4H11Si.Sc/c1-8-9(2)11(4)12(10(8)3)13(5,6)7;1-2-4-5-3-1;2*1-5(2,3)4;/h1-7H3;1-4H2;2*1H2,2-4H3;/q-1;;2*-1;+3. The molecule has 5 heteroatoms. The fourth-order valence-electron chi connectivity index (χ4n) is 2.85. The molecule has 29 heavy (non-hydrogen) atoms. The molecule has 2 aliphatic rings. The summed E-state index contributed by atoms with van der Waals surface area (Å²) in [6.45, 7) is 39.5. The van der Waals surface area contributed by atoms with Crippen LogP contribution in [0.1, 0.15) is 40.5 Å². The van der Waals surface area contributed by atoms with Crippen molar-refractivity contribution in [2.24, 2.45) is 0 Å². The Morgan fingerprint density at radius 2 is 1.07 bits per heavy atom. The molecule has 0 spiro atoms. The maximum Gasteiger partial charge on any atom is 3.00 e. The molecule has 0 bridgehead atoms. The first-order valence-electron chi connectivity index (χ1n) is 10.8. The summed E-state index contributed by atoms with van der Waals surface area (Å²) in [5.41, 5.74) is 4.74. The first kappa shape index (κ1) is 34.7. The van der Waals surface area contributed by atoms with Crippen LogP contribution in [0.2, 0.25) is 58.9 Å². The van der Waals surface area contributed by atoms with Crippen molar-refractivity contribution in [3.05, 3.63) is 41.6 Å². The van der Waals surface area contributed by atoms with Crippen LogP contribution in [-0.4, -0.2) is 37.4 Å². The molecule has 168 valence electrons. The van der Waals surface area contributed by atoms with Gasteiger partial charge < -0.3 is 17.8 Å². The van der Waals surface area contributed by atoms with Crippen molar-refractivity contribution in [3.63, 3.8) is 0 Å². The van der Waals surface area contributed by atoms with E-state index in [1.54, 1.807) is 17.0 Å². The van der Waals surface area contributed by atoms with Crippen molar-refractivity contribution in [2.45, 2.75) is 99.5 Å². The fraction of sp³-hybridized carbons (Fsp3) is 0.708. The Morgan fingerprint density at radius 3 is 1.17 bits per heavy atom. The van der Waals surface area contributed by atoms with Crippen molar-refractivity contribution < 1.29 is 30.6 Å². The Hall–Kier alpha value is 1.09. The Balaban J connectivity index is -0.000000352. The van der Waals surface area contributed by atoms with E-state index >= 15 is 0 Å². The molecule has 0 amide bonds. The van der Waals surface area contributed by atoms with Crippen molar-refractivity contribution in [2.75, 3.05) is 13.2 Å². The molecule has 0 atom stereocenters. The SMILES string of the molecule is C1CCOC1.C[C]1[C]([Si](C)(C)C)C(C)=C(C)[C-]1C.[CH2-][Si](C)(C)C.[CH2-][Si](C)(C)C.[Sc+3].